The van der Waals surface area contributed by atoms with Crippen LogP contribution in [0.25, 0.3) is 0 Å². The molecule has 0 bridgehead atoms. The van der Waals surface area contributed by atoms with Crippen molar-refractivity contribution in [2.24, 2.45) is 7.05 Å². The Labute approximate surface area is 147 Å². The lowest BCUT2D eigenvalue weighted by Gasteiger charge is -2.32. The number of benzene rings is 1. The molecule has 5 nitrogen and oxygen atoms in total. The van der Waals surface area contributed by atoms with Crippen LogP contribution in [-0.4, -0.2) is 35.6 Å². The topological polar surface area (TPSA) is 51.5 Å². The largest absolute Gasteiger partial charge is 0.496 e. The van der Waals surface area contributed by atoms with Gasteiger partial charge in [-0.15, -0.1) is 0 Å². The number of aromatic nitrogens is 1. The summed E-state index contributed by atoms with van der Waals surface area (Å²) in [5.41, 5.74) is 2.76. The fourth-order valence-corrected chi connectivity index (χ4v) is 3.43. The van der Waals surface area contributed by atoms with Crippen molar-refractivity contribution in [1.29, 1.82) is 0 Å². The van der Waals surface area contributed by atoms with Gasteiger partial charge in [0.25, 0.3) is 11.5 Å². The monoisotopic (exact) mass is 340 g/mol. The molecule has 2 heterocycles. The summed E-state index contributed by atoms with van der Waals surface area (Å²) in [5, 5.41) is 0. The lowest BCUT2D eigenvalue weighted by atomic mass is 9.90. The van der Waals surface area contributed by atoms with Crippen molar-refractivity contribution in [2.45, 2.75) is 25.7 Å². The quantitative estimate of drug-likeness (QED) is 0.863. The summed E-state index contributed by atoms with van der Waals surface area (Å²) in [6.45, 7) is 3.37. The van der Waals surface area contributed by atoms with Crippen molar-refractivity contribution in [3.63, 3.8) is 0 Å². The van der Waals surface area contributed by atoms with E-state index < -0.39 is 0 Å². The second kappa shape index (κ2) is 7.13. The molecule has 1 fully saturated rings. The van der Waals surface area contributed by atoms with Crippen LogP contribution in [0.15, 0.2) is 41.3 Å². The van der Waals surface area contributed by atoms with Crippen LogP contribution in [0.5, 0.6) is 5.75 Å². The zero-order valence-corrected chi connectivity index (χ0v) is 15.0. The van der Waals surface area contributed by atoms with Gasteiger partial charge in [0, 0.05) is 38.0 Å². The van der Waals surface area contributed by atoms with E-state index in [1.807, 2.05) is 42.3 Å². The van der Waals surface area contributed by atoms with Crippen molar-refractivity contribution >= 4 is 5.91 Å². The van der Waals surface area contributed by atoms with Gasteiger partial charge in [-0.25, -0.2) is 0 Å². The number of rotatable bonds is 3. The third-order valence-electron chi connectivity index (χ3n) is 5.02. The van der Waals surface area contributed by atoms with E-state index in [9.17, 15) is 9.59 Å². The Hall–Kier alpha value is -2.56. The maximum atomic E-state index is 12.7. The van der Waals surface area contributed by atoms with Crippen LogP contribution >= 0.6 is 0 Å². The minimum Gasteiger partial charge on any atom is -0.496 e. The van der Waals surface area contributed by atoms with Gasteiger partial charge >= 0.3 is 0 Å². The Kier molecular flexibility index (Phi) is 4.93. The third-order valence-corrected chi connectivity index (χ3v) is 5.02. The van der Waals surface area contributed by atoms with Gasteiger partial charge in [0.2, 0.25) is 0 Å². The molecule has 1 amide bonds. The van der Waals surface area contributed by atoms with Crippen LogP contribution in [0, 0.1) is 6.92 Å². The molecule has 0 spiro atoms. The average Bonchev–Trinajstić information content (AvgIpc) is 2.63. The Morgan fingerprint density at radius 2 is 1.88 bits per heavy atom. The number of methoxy groups -OCH3 is 1. The second-order valence-electron chi connectivity index (χ2n) is 6.66. The highest BCUT2D eigenvalue weighted by molar-refractivity contribution is 5.94. The van der Waals surface area contributed by atoms with Crippen LogP contribution in [0.1, 0.15) is 40.2 Å². The minimum atomic E-state index is 0.0183. The van der Waals surface area contributed by atoms with Gasteiger partial charge in [-0.05, 0) is 61.1 Å². The molecule has 0 saturated carbocycles. The number of aryl methyl sites for hydroxylation is 2. The Morgan fingerprint density at radius 3 is 2.48 bits per heavy atom. The first-order valence-electron chi connectivity index (χ1n) is 8.60. The van der Waals surface area contributed by atoms with E-state index in [1.165, 1.54) is 0 Å². The van der Waals surface area contributed by atoms with E-state index in [4.69, 9.17) is 4.74 Å². The van der Waals surface area contributed by atoms with Gasteiger partial charge < -0.3 is 14.2 Å². The first kappa shape index (κ1) is 17.3. The van der Waals surface area contributed by atoms with Gasteiger partial charge in [-0.1, -0.05) is 0 Å². The molecule has 132 valence electrons. The third kappa shape index (κ3) is 3.60. The van der Waals surface area contributed by atoms with E-state index >= 15 is 0 Å². The highest BCUT2D eigenvalue weighted by Gasteiger charge is 2.25. The normalized spacial score (nSPS) is 15.2. The van der Waals surface area contributed by atoms with Gasteiger partial charge in [0.15, 0.2) is 0 Å². The van der Waals surface area contributed by atoms with Crippen LogP contribution in [0.3, 0.4) is 0 Å². The number of carbonyl (C=O) groups is 1. The summed E-state index contributed by atoms with van der Waals surface area (Å²) in [5.74, 6) is 1.20. The molecule has 3 rings (SSSR count). The molecule has 5 heteroatoms. The van der Waals surface area contributed by atoms with Gasteiger partial charge in [-0.2, -0.15) is 0 Å². The van der Waals surface area contributed by atoms with Crippen molar-refractivity contribution in [1.82, 2.24) is 9.47 Å². The fourth-order valence-electron chi connectivity index (χ4n) is 3.43. The number of hydrogen-bond acceptors (Lipinski definition) is 3. The zero-order valence-electron chi connectivity index (χ0n) is 15.0. The molecule has 2 aromatic rings. The lowest BCUT2D eigenvalue weighted by molar-refractivity contribution is 0.0713. The van der Waals surface area contributed by atoms with Gasteiger partial charge in [0.1, 0.15) is 5.75 Å². The lowest BCUT2D eigenvalue weighted by Crippen LogP contribution is -2.38. The fraction of sp³-hybridized carbons (Fsp3) is 0.400. The SMILES string of the molecule is COc1ccc(C(=O)N2CCC(c3ccn(C)c(=O)c3)CC2)cc1C. The average molecular weight is 340 g/mol. The molecule has 0 aliphatic carbocycles. The Bertz CT molecular complexity index is 833. The van der Waals surface area contributed by atoms with Crippen molar-refractivity contribution < 1.29 is 9.53 Å². The van der Waals surface area contributed by atoms with Crippen molar-refractivity contribution in [3.8, 4) is 5.75 Å². The number of piperidine rings is 1. The molecule has 1 aliphatic heterocycles. The molecule has 0 radical (unpaired) electrons. The molecule has 0 N–H and O–H groups in total. The molecule has 1 aromatic heterocycles. The predicted molar refractivity (Wildman–Crippen MR) is 97.3 cm³/mol. The molecule has 0 unspecified atom stereocenters. The summed E-state index contributed by atoms with van der Waals surface area (Å²) in [7, 11) is 3.38. The van der Waals surface area contributed by atoms with Crippen LogP contribution in [0.4, 0.5) is 0 Å². The number of carbonyl (C=O) groups excluding carboxylic acids is 1. The number of nitrogens with zero attached hydrogens (tertiary/aromatic N) is 2. The first-order chi connectivity index (χ1) is 12.0. The molecule has 1 saturated heterocycles. The highest BCUT2D eigenvalue weighted by Crippen LogP contribution is 2.28. The standard InChI is InChI=1S/C20H24N2O3/c1-14-12-17(4-5-18(14)25-3)20(24)22-10-7-15(8-11-22)16-6-9-21(2)19(23)13-16/h4-6,9,12-13,15H,7-8,10-11H2,1-3H3. The summed E-state index contributed by atoms with van der Waals surface area (Å²) in [4.78, 5) is 26.4. The smallest absolute Gasteiger partial charge is 0.253 e. The molecule has 25 heavy (non-hydrogen) atoms. The zero-order chi connectivity index (χ0) is 18.0. The number of ether oxygens (including phenoxy) is 1. The Balaban J connectivity index is 1.67. The minimum absolute atomic E-state index is 0.0183. The maximum absolute atomic E-state index is 12.7. The number of hydrogen-bond donors (Lipinski definition) is 0. The van der Waals surface area contributed by atoms with Crippen LogP contribution < -0.4 is 10.3 Å². The number of likely N-dealkylation sites (tertiary alicyclic amines) is 1. The second-order valence-corrected chi connectivity index (χ2v) is 6.66. The van der Waals surface area contributed by atoms with E-state index in [1.54, 1.807) is 24.8 Å². The Morgan fingerprint density at radius 1 is 1.16 bits per heavy atom. The van der Waals surface area contributed by atoms with Crippen LogP contribution in [-0.2, 0) is 7.05 Å². The van der Waals surface area contributed by atoms with Gasteiger partial charge in [-0.3, -0.25) is 9.59 Å². The summed E-state index contributed by atoms with van der Waals surface area (Å²) in [6, 6.07) is 9.27. The molecule has 1 aromatic carbocycles. The molecular formula is C20H24N2O3. The summed E-state index contributed by atoms with van der Waals surface area (Å²) in [6.07, 6.45) is 3.58. The number of amides is 1. The molecular weight excluding hydrogens is 316 g/mol. The van der Waals surface area contributed by atoms with E-state index in [0.29, 0.717) is 24.6 Å². The van der Waals surface area contributed by atoms with E-state index in [-0.39, 0.29) is 11.5 Å². The van der Waals surface area contributed by atoms with E-state index in [0.717, 1.165) is 29.7 Å². The number of pyridine rings is 1. The maximum Gasteiger partial charge on any atom is 0.253 e. The summed E-state index contributed by atoms with van der Waals surface area (Å²) < 4.78 is 6.83. The first-order valence-corrected chi connectivity index (χ1v) is 8.60. The molecule has 1 aliphatic rings. The van der Waals surface area contributed by atoms with Crippen LogP contribution in [0.2, 0.25) is 0 Å². The summed E-state index contributed by atoms with van der Waals surface area (Å²) >= 11 is 0. The highest BCUT2D eigenvalue weighted by atomic mass is 16.5. The van der Waals surface area contributed by atoms with Crippen molar-refractivity contribution in [2.75, 3.05) is 20.2 Å². The molecule has 0 atom stereocenters. The van der Waals surface area contributed by atoms with Crippen molar-refractivity contribution in [3.05, 3.63) is 63.6 Å². The van der Waals surface area contributed by atoms with Gasteiger partial charge in [0.05, 0.1) is 7.11 Å². The van der Waals surface area contributed by atoms with E-state index in [2.05, 4.69) is 0 Å². The predicted octanol–water partition coefficient (Wildman–Crippen LogP) is 2.72.